The normalized spacial score (nSPS) is 17.2. The molecule has 1 unspecified atom stereocenters. The summed E-state index contributed by atoms with van der Waals surface area (Å²) < 4.78 is 3.06. The van der Waals surface area contributed by atoms with Crippen LogP contribution in [0.4, 0.5) is 5.69 Å². The minimum atomic E-state index is 0.339. The number of hydrogen-bond donors (Lipinski definition) is 2. The number of aromatic nitrogens is 3. The van der Waals surface area contributed by atoms with Crippen LogP contribution >= 0.6 is 15.9 Å². The van der Waals surface area contributed by atoms with Crippen LogP contribution in [-0.4, -0.2) is 46.4 Å². The van der Waals surface area contributed by atoms with Crippen LogP contribution in [0.3, 0.4) is 0 Å². The Balaban J connectivity index is 1.62. The van der Waals surface area contributed by atoms with Crippen LogP contribution in [-0.2, 0) is 13.6 Å². The average Bonchev–Trinajstić information content (AvgIpc) is 3.26. The highest BCUT2D eigenvalue weighted by Gasteiger charge is 2.23. The molecule has 0 spiro atoms. The van der Waals surface area contributed by atoms with E-state index in [4.69, 9.17) is 0 Å². The lowest BCUT2D eigenvalue weighted by molar-refractivity contribution is 0.649. The summed E-state index contributed by atoms with van der Waals surface area (Å²) >= 11 is 3.49. The third-order valence-electron chi connectivity index (χ3n) is 4.70. The molecule has 1 fully saturated rings. The van der Waals surface area contributed by atoms with Gasteiger partial charge in [-0.05, 0) is 37.6 Å². The summed E-state index contributed by atoms with van der Waals surface area (Å²) in [5, 5.41) is 15.1. The smallest absolute Gasteiger partial charge is 0.192 e. The van der Waals surface area contributed by atoms with Gasteiger partial charge in [0.1, 0.15) is 12.4 Å². The van der Waals surface area contributed by atoms with Crippen molar-refractivity contribution in [3.05, 3.63) is 53.0 Å². The summed E-state index contributed by atoms with van der Waals surface area (Å²) in [4.78, 5) is 7.07. The lowest BCUT2D eigenvalue weighted by Gasteiger charge is -2.20. The fraction of sp³-hybridized carbons (Fsp3) is 0.421. The molecule has 0 bridgehead atoms. The van der Waals surface area contributed by atoms with E-state index in [1.54, 1.807) is 0 Å². The van der Waals surface area contributed by atoms with Crippen LogP contribution in [0.5, 0.6) is 0 Å². The first-order chi connectivity index (χ1) is 13.1. The van der Waals surface area contributed by atoms with E-state index in [2.05, 4.69) is 77.5 Å². The van der Waals surface area contributed by atoms with Crippen molar-refractivity contribution in [2.24, 2.45) is 12.0 Å². The number of aliphatic imine (C=N–C) groups is 1. The number of nitrogens with one attached hydrogen (secondary N) is 2. The SMILES string of the molecule is C=CCNC(=NCc1nnc(C)n1C)NC1CCN(c2ccc(Br)cc2)C1. The van der Waals surface area contributed by atoms with Crippen LogP contribution in [0.25, 0.3) is 0 Å². The summed E-state index contributed by atoms with van der Waals surface area (Å²) in [7, 11) is 1.96. The summed E-state index contributed by atoms with van der Waals surface area (Å²) in [6, 6.07) is 8.79. The first kappa shape index (κ1) is 19.4. The number of halogens is 1. The number of benzene rings is 1. The van der Waals surface area contributed by atoms with Gasteiger partial charge in [0.2, 0.25) is 0 Å². The van der Waals surface area contributed by atoms with Gasteiger partial charge in [-0.2, -0.15) is 0 Å². The molecule has 0 radical (unpaired) electrons. The first-order valence-electron chi connectivity index (χ1n) is 9.08. The van der Waals surface area contributed by atoms with Gasteiger partial charge in [0.05, 0.1) is 0 Å². The van der Waals surface area contributed by atoms with E-state index in [-0.39, 0.29) is 0 Å². The fourth-order valence-corrected chi connectivity index (χ4v) is 3.28. The van der Waals surface area contributed by atoms with Crippen molar-refractivity contribution < 1.29 is 0 Å². The summed E-state index contributed by atoms with van der Waals surface area (Å²) in [6.45, 7) is 8.82. The summed E-state index contributed by atoms with van der Waals surface area (Å²) in [5.74, 6) is 2.50. The van der Waals surface area contributed by atoms with Gasteiger partial charge in [0, 0.05) is 42.9 Å². The molecule has 3 rings (SSSR count). The monoisotopic (exact) mass is 431 g/mol. The molecule has 144 valence electrons. The zero-order chi connectivity index (χ0) is 19.2. The molecular weight excluding hydrogens is 406 g/mol. The Bertz CT molecular complexity index is 797. The summed E-state index contributed by atoms with van der Waals surface area (Å²) in [5.41, 5.74) is 1.24. The molecule has 1 aliphatic rings. The number of aryl methyl sites for hydroxylation is 1. The number of nitrogens with zero attached hydrogens (tertiary/aromatic N) is 5. The van der Waals surface area contributed by atoms with E-state index >= 15 is 0 Å². The average molecular weight is 432 g/mol. The second kappa shape index (κ2) is 9.03. The largest absolute Gasteiger partial charge is 0.369 e. The summed E-state index contributed by atoms with van der Waals surface area (Å²) in [6.07, 6.45) is 2.89. The number of rotatable bonds is 6. The minimum Gasteiger partial charge on any atom is -0.369 e. The third-order valence-corrected chi connectivity index (χ3v) is 5.22. The van der Waals surface area contributed by atoms with Crippen molar-refractivity contribution in [2.45, 2.75) is 25.9 Å². The standard InChI is InChI=1S/C19H26BrN7/c1-4-10-21-19(22-12-18-25-24-14(2)26(18)3)23-16-9-11-27(13-16)17-7-5-15(20)6-8-17/h4-8,16H,1,9-13H2,2-3H3,(H2,21,22,23). The molecule has 2 N–H and O–H groups in total. The highest BCUT2D eigenvalue weighted by atomic mass is 79.9. The Morgan fingerprint density at radius 3 is 2.81 bits per heavy atom. The number of guanidine groups is 1. The molecule has 0 saturated carbocycles. The molecule has 0 aliphatic carbocycles. The quantitative estimate of drug-likeness (QED) is 0.417. The minimum absolute atomic E-state index is 0.339. The first-order valence-corrected chi connectivity index (χ1v) is 9.87. The Labute approximate surface area is 168 Å². The predicted molar refractivity (Wildman–Crippen MR) is 113 cm³/mol. The van der Waals surface area contributed by atoms with Gasteiger partial charge in [-0.1, -0.05) is 22.0 Å². The second-order valence-electron chi connectivity index (χ2n) is 6.61. The molecule has 1 aliphatic heterocycles. The lowest BCUT2D eigenvalue weighted by atomic mass is 10.3. The van der Waals surface area contributed by atoms with Gasteiger partial charge in [-0.25, -0.2) is 4.99 Å². The molecule has 7 nitrogen and oxygen atoms in total. The number of anilines is 1. The highest BCUT2D eigenvalue weighted by molar-refractivity contribution is 9.10. The lowest BCUT2D eigenvalue weighted by Crippen LogP contribution is -2.44. The second-order valence-corrected chi connectivity index (χ2v) is 7.52. The molecule has 0 amide bonds. The van der Waals surface area contributed by atoms with E-state index in [1.165, 1.54) is 5.69 Å². The van der Waals surface area contributed by atoms with Crippen LogP contribution in [0.2, 0.25) is 0 Å². The molecule has 27 heavy (non-hydrogen) atoms. The highest BCUT2D eigenvalue weighted by Crippen LogP contribution is 2.22. The zero-order valence-electron chi connectivity index (χ0n) is 15.8. The molecule has 2 aromatic rings. The van der Waals surface area contributed by atoms with Crippen molar-refractivity contribution in [2.75, 3.05) is 24.5 Å². The van der Waals surface area contributed by atoms with Gasteiger partial charge in [-0.3, -0.25) is 0 Å². The molecular formula is C19H26BrN7. The Morgan fingerprint density at radius 2 is 2.15 bits per heavy atom. The van der Waals surface area contributed by atoms with E-state index in [9.17, 15) is 0 Å². The van der Waals surface area contributed by atoms with E-state index in [1.807, 2.05) is 24.6 Å². The Morgan fingerprint density at radius 1 is 1.37 bits per heavy atom. The topological polar surface area (TPSA) is 70.4 Å². The van der Waals surface area contributed by atoms with Crippen LogP contribution in [0.1, 0.15) is 18.1 Å². The van der Waals surface area contributed by atoms with Crippen LogP contribution in [0, 0.1) is 6.92 Å². The van der Waals surface area contributed by atoms with Crippen molar-refractivity contribution in [3.8, 4) is 0 Å². The maximum atomic E-state index is 4.68. The van der Waals surface area contributed by atoms with Crippen LogP contribution in [0.15, 0.2) is 46.4 Å². The van der Waals surface area contributed by atoms with E-state index in [0.717, 1.165) is 41.6 Å². The van der Waals surface area contributed by atoms with Gasteiger partial charge >= 0.3 is 0 Å². The fourth-order valence-electron chi connectivity index (χ4n) is 3.02. The predicted octanol–water partition coefficient (Wildman–Crippen LogP) is 2.39. The molecule has 2 heterocycles. The van der Waals surface area contributed by atoms with Gasteiger partial charge in [0.25, 0.3) is 0 Å². The molecule has 1 saturated heterocycles. The van der Waals surface area contributed by atoms with Crippen LogP contribution < -0.4 is 15.5 Å². The Hall–Kier alpha value is -2.35. The third kappa shape index (κ3) is 5.09. The van der Waals surface area contributed by atoms with Gasteiger partial charge in [0.15, 0.2) is 11.8 Å². The number of hydrogen-bond acceptors (Lipinski definition) is 4. The maximum Gasteiger partial charge on any atom is 0.192 e. The van der Waals surface area contributed by atoms with E-state index < -0.39 is 0 Å². The van der Waals surface area contributed by atoms with Gasteiger partial charge < -0.3 is 20.1 Å². The van der Waals surface area contributed by atoms with Crippen molar-refractivity contribution in [1.82, 2.24) is 25.4 Å². The molecule has 1 aromatic heterocycles. The maximum absolute atomic E-state index is 4.68. The molecule has 1 aromatic carbocycles. The van der Waals surface area contributed by atoms with Crippen molar-refractivity contribution in [3.63, 3.8) is 0 Å². The molecule has 8 heteroatoms. The van der Waals surface area contributed by atoms with Gasteiger partial charge in [-0.15, -0.1) is 16.8 Å². The van der Waals surface area contributed by atoms with E-state index in [0.29, 0.717) is 19.1 Å². The Kier molecular flexibility index (Phi) is 6.49. The zero-order valence-corrected chi connectivity index (χ0v) is 17.4. The molecule has 1 atom stereocenters. The van der Waals surface area contributed by atoms with Crippen molar-refractivity contribution >= 4 is 27.6 Å². The van der Waals surface area contributed by atoms with Crippen molar-refractivity contribution in [1.29, 1.82) is 0 Å².